The molecule has 0 aliphatic carbocycles. The molecule has 1 fully saturated rings. The predicted octanol–water partition coefficient (Wildman–Crippen LogP) is 1.44. The number of pyridine rings is 1. The van der Waals surface area contributed by atoms with Crippen LogP contribution in [-0.2, 0) is 0 Å². The average Bonchev–Trinajstić information content (AvgIpc) is 2.30. The summed E-state index contributed by atoms with van der Waals surface area (Å²) in [5, 5.41) is 3.34. The van der Waals surface area contributed by atoms with Crippen molar-refractivity contribution in [2.75, 3.05) is 31.1 Å². The summed E-state index contributed by atoms with van der Waals surface area (Å²) >= 11 is 0. The van der Waals surface area contributed by atoms with Crippen LogP contribution >= 0.6 is 0 Å². The van der Waals surface area contributed by atoms with Gasteiger partial charge in [0.25, 0.3) is 0 Å². The SMILES string of the molecule is C=Cc1cnc(N2CCNCC2)c(C)c1. The van der Waals surface area contributed by atoms with Crippen molar-refractivity contribution in [2.45, 2.75) is 6.92 Å². The van der Waals surface area contributed by atoms with Gasteiger partial charge in [0, 0.05) is 32.4 Å². The molecule has 1 aliphatic rings. The van der Waals surface area contributed by atoms with Crippen molar-refractivity contribution in [3.05, 3.63) is 30.0 Å². The topological polar surface area (TPSA) is 28.2 Å². The Kier molecular flexibility index (Phi) is 3.02. The van der Waals surface area contributed by atoms with Crippen LogP contribution in [0, 0.1) is 6.92 Å². The van der Waals surface area contributed by atoms with E-state index >= 15 is 0 Å². The normalized spacial score (nSPS) is 16.5. The molecule has 80 valence electrons. The largest absolute Gasteiger partial charge is 0.354 e. The van der Waals surface area contributed by atoms with E-state index < -0.39 is 0 Å². The minimum atomic E-state index is 1.04. The van der Waals surface area contributed by atoms with Crippen LogP contribution in [0.25, 0.3) is 6.08 Å². The highest BCUT2D eigenvalue weighted by Crippen LogP contribution is 2.18. The maximum absolute atomic E-state index is 4.50. The fourth-order valence-corrected chi connectivity index (χ4v) is 1.91. The standard InChI is InChI=1S/C12H17N3/c1-3-11-8-10(2)12(14-9-11)15-6-4-13-5-7-15/h3,8-9,13H,1,4-7H2,2H3. The number of aryl methyl sites for hydroxylation is 1. The molecule has 0 unspecified atom stereocenters. The van der Waals surface area contributed by atoms with Crippen molar-refractivity contribution in [2.24, 2.45) is 0 Å². The fraction of sp³-hybridized carbons (Fsp3) is 0.417. The Labute approximate surface area is 90.8 Å². The van der Waals surface area contributed by atoms with Gasteiger partial charge in [-0.3, -0.25) is 0 Å². The third kappa shape index (κ3) is 2.18. The third-order valence-corrected chi connectivity index (χ3v) is 2.72. The number of hydrogen-bond acceptors (Lipinski definition) is 3. The van der Waals surface area contributed by atoms with Crippen LogP contribution in [-0.4, -0.2) is 31.2 Å². The van der Waals surface area contributed by atoms with E-state index in [0.29, 0.717) is 0 Å². The Morgan fingerprint density at radius 1 is 1.47 bits per heavy atom. The lowest BCUT2D eigenvalue weighted by molar-refractivity contribution is 0.584. The van der Waals surface area contributed by atoms with Crippen LogP contribution in [0.2, 0.25) is 0 Å². The van der Waals surface area contributed by atoms with Crippen molar-refractivity contribution < 1.29 is 0 Å². The Bertz CT molecular complexity index is 354. The Morgan fingerprint density at radius 3 is 2.80 bits per heavy atom. The molecule has 15 heavy (non-hydrogen) atoms. The van der Waals surface area contributed by atoms with Gasteiger partial charge in [-0.1, -0.05) is 12.7 Å². The molecule has 1 aliphatic heterocycles. The zero-order chi connectivity index (χ0) is 10.7. The first-order valence-corrected chi connectivity index (χ1v) is 5.36. The summed E-state index contributed by atoms with van der Waals surface area (Å²) in [6, 6.07) is 2.14. The van der Waals surface area contributed by atoms with Crippen LogP contribution in [0.3, 0.4) is 0 Å². The van der Waals surface area contributed by atoms with E-state index in [9.17, 15) is 0 Å². The van der Waals surface area contributed by atoms with Gasteiger partial charge in [-0.15, -0.1) is 0 Å². The van der Waals surface area contributed by atoms with Crippen LogP contribution in [0.4, 0.5) is 5.82 Å². The minimum absolute atomic E-state index is 1.04. The molecule has 3 heteroatoms. The molecule has 2 rings (SSSR count). The number of nitrogens with zero attached hydrogens (tertiary/aromatic N) is 2. The minimum Gasteiger partial charge on any atom is -0.354 e. The van der Waals surface area contributed by atoms with Crippen LogP contribution in [0.5, 0.6) is 0 Å². The Balaban J connectivity index is 2.23. The van der Waals surface area contributed by atoms with Gasteiger partial charge in [-0.2, -0.15) is 0 Å². The molecule has 1 N–H and O–H groups in total. The van der Waals surface area contributed by atoms with Crippen LogP contribution in [0.1, 0.15) is 11.1 Å². The second-order valence-corrected chi connectivity index (χ2v) is 3.85. The second kappa shape index (κ2) is 4.45. The summed E-state index contributed by atoms with van der Waals surface area (Å²) in [7, 11) is 0. The van der Waals surface area contributed by atoms with Crippen molar-refractivity contribution >= 4 is 11.9 Å². The molecule has 1 aromatic heterocycles. The summed E-state index contributed by atoms with van der Waals surface area (Å²) in [6.45, 7) is 10.0. The Morgan fingerprint density at radius 2 is 2.20 bits per heavy atom. The van der Waals surface area contributed by atoms with Crippen LogP contribution in [0.15, 0.2) is 18.8 Å². The quantitative estimate of drug-likeness (QED) is 0.788. The van der Waals surface area contributed by atoms with Crippen molar-refractivity contribution in [3.8, 4) is 0 Å². The number of anilines is 1. The summed E-state index contributed by atoms with van der Waals surface area (Å²) in [4.78, 5) is 6.83. The molecule has 2 heterocycles. The molecule has 0 bridgehead atoms. The van der Waals surface area contributed by atoms with E-state index in [1.165, 1.54) is 5.56 Å². The smallest absolute Gasteiger partial charge is 0.131 e. The summed E-state index contributed by atoms with van der Waals surface area (Å²) in [5.41, 5.74) is 2.32. The van der Waals surface area contributed by atoms with E-state index in [4.69, 9.17) is 0 Å². The highest BCUT2D eigenvalue weighted by Gasteiger charge is 2.13. The van der Waals surface area contributed by atoms with E-state index in [-0.39, 0.29) is 0 Å². The first-order chi connectivity index (χ1) is 7.31. The molecule has 3 nitrogen and oxygen atoms in total. The zero-order valence-electron chi connectivity index (χ0n) is 9.16. The highest BCUT2D eigenvalue weighted by atomic mass is 15.2. The van der Waals surface area contributed by atoms with Gasteiger partial charge in [0.15, 0.2) is 0 Å². The number of nitrogens with one attached hydrogen (secondary N) is 1. The Hall–Kier alpha value is -1.35. The summed E-state index contributed by atoms with van der Waals surface area (Å²) in [5.74, 6) is 1.11. The molecule has 0 amide bonds. The molecule has 0 spiro atoms. The van der Waals surface area contributed by atoms with Gasteiger partial charge in [-0.25, -0.2) is 4.98 Å². The van der Waals surface area contributed by atoms with Crippen molar-refractivity contribution in [3.63, 3.8) is 0 Å². The van der Waals surface area contributed by atoms with E-state index in [1.807, 2.05) is 12.3 Å². The number of hydrogen-bond donors (Lipinski definition) is 1. The van der Waals surface area contributed by atoms with Gasteiger partial charge in [0.1, 0.15) is 5.82 Å². The molecule has 1 saturated heterocycles. The maximum Gasteiger partial charge on any atom is 0.131 e. The number of rotatable bonds is 2. The first kappa shape index (κ1) is 10.2. The lowest BCUT2D eigenvalue weighted by Gasteiger charge is -2.29. The lowest BCUT2D eigenvalue weighted by Crippen LogP contribution is -2.44. The van der Waals surface area contributed by atoms with Crippen molar-refractivity contribution in [1.29, 1.82) is 0 Å². The monoisotopic (exact) mass is 203 g/mol. The van der Waals surface area contributed by atoms with Crippen LogP contribution < -0.4 is 10.2 Å². The molecule has 0 atom stereocenters. The third-order valence-electron chi connectivity index (χ3n) is 2.72. The molecule has 0 aromatic carbocycles. The average molecular weight is 203 g/mol. The highest BCUT2D eigenvalue weighted by molar-refractivity contribution is 5.54. The van der Waals surface area contributed by atoms with Gasteiger partial charge < -0.3 is 10.2 Å². The van der Waals surface area contributed by atoms with Gasteiger partial charge in [0.2, 0.25) is 0 Å². The zero-order valence-corrected chi connectivity index (χ0v) is 9.16. The lowest BCUT2D eigenvalue weighted by atomic mass is 10.2. The molecule has 0 saturated carbocycles. The predicted molar refractivity (Wildman–Crippen MR) is 64.1 cm³/mol. The van der Waals surface area contributed by atoms with Crippen molar-refractivity contribution in [1.82, 2.24) is 10.3 Å². The van der Waals surface area contributed by atoms with E-state index in [0.717, 1.165) is 37.6 Å². The fourth-order valence-electron chi connectivity index (χ4n) is 1.91. The molecule has 0 radical (unpaired) electrons. The van der Waals surface area contributed by atoms with Gasteiger partial charge in [0.05, 0.1) is 0 Å². The van der Waals surface area contributed by atoms with E-state index in [1.54, 1.807) is 0 Å². The van der Waals surface area contributed by atoms with E-state index in [2.05, 4.69) is 34.8 Å². The molecule has 1 aromatic rings. The first-order valence-electron chi connectivity index (χ1n) is 5.36. The molecular weight excluding hydrogens is 186 g/mol. The summed E-state index contributed by atoms with van der Waals surface area (Å²) < 4.78 is 0. The number of piperazine rings is 1. The van der Waals surface area contributed by atoms with Gasteiger partial charge >= 0.3 is 0 Å². The summed E-state index contributed by atoms with van der Waals surface area (Å²) in [6.07, 6.45) is 3.72. The maximum atomic E-state index is 4.50. The second-order valence-electron chi connectivity index (χ2n) is 3.85. The van der Waals surface area contributed by atoms with Gasteiger partial charge in [-0.05, 0) is 24.1 Å². The molecular formula is C12H17N3. The number of aromatic nitrogens is 1.